The molecule has 3 nitrogen and oxygen atoms in total. The summed E-state index contributed by atoms with van der Waals surface area (Å²) < 4.78 is 11.6. The minimum Gasteiger partial charge on any atom is -0.393 e. The van der Waals surface area contributed by atoms with E-state index >= 15 is 0 Å². The third-order valence-electron chi connectivity index (χ3n) is 3.64. The highest BCUT2D eigenvalue weighted by Crippen LogP contribution is 2.10. The van der Waals surface area contributed by atoms with Gasteiger partial charge in [0, 0.05) is 19.6 Å². The Morgan fingerprint density at radius 3 is 1.52 bits per heavy atom. The molecule has 1 N–H and O–H groups in total. The molecule has 0 saturated heterocycles. The van der Waals surface area contributed by atoms with Crippen LogP contribution in [-0.2, 0) is 9.47 Å². The van der Waals surface area contributed by atoms with Crippen LogP contribution in [0.4, 0.5) is 0 Å². The topological polar surface area (TPSA) is 38.7 Å². The number of rotatable bonds is 16. The van der Waals surface area contributed by atoms with Gasteiger partial charge in [-0.3, -0.25) is 0 Å². The van der Waals surface area contributed by atoms with Gasteiger partial charge in [-0.25, -0.2) is 0 Å². The van der Waals surface area contributed by atoms with Crippen LogP contribution in [0, 0.1) is 0 Å². The Bertz CT molecular complexity index is 179. The van der Waals surface area contributed by atoms with Gasteiger partial charge in [0.25, 0.3) is 0 Å². The summed E-state index contributed by atoms with van der Waals surface area (Å²) in [6.07, 6.45) is 12.4. The average Bonchev–Trinajstić information content (AvgIpc) is 2.45. The molecule has 0 bridgehead atoms. The molecule has 0 aromatic rings. The van der Waals surface area contributed by atoms with E-state index in [1.54, 1.807) is 6.92 Å². The van der Waals surface area contributed by atoms with Crippen LogP contribution in [-0.4, -0.2) is 30.7 Å². The summed E-state index contributed by atoms with van der Waals surface area (Å²) >= 11 is 0. The fraction of sp³-hybridized carbons (Fsp3) is 1.00. The number of ether oxygens (including phenoxy) is 2. The summed E-state index contributed by atoms with van der Waals surface area (Å²) in [6, 6.07) is 0. The fourth-order valence-electron chi connectivity index (χ4n) is 2.30. The molecule has 3 heteroatoms. The van der Waals surface area contributed by atoms with E-state index < -0.39 is 0 Å². The summed E-state index contributed by atoms with van der Waals surface area (Å²) in [5.74, 6) is 0. The van der Waals surface area contributed by atoms with Crippen LogP contribution in [0.1, 0.15) is 91.4 Å². The first-order chi connectivity index (χ1) is 10.2. The van der Waals surface area contributed by atoms with Gasteiger partial charge >= 0.3 is 0 Å². The van der Waals surface area contributed by atoms with Crippen molar-refractivity contribution in [2.45, 2.75) is 104 Å². The second-order valence-electron chi connectivity index (χ2n) is 6.08. The molecule has 0 aliphatic heterocycles. The number of unbranched alkanes of at least 4 members (excludes halogenated alkanes) is 8. The van der Waals surface area contributed by atoms with Crippen molar-refractivity contribution < 1.29 is 14.6 Å². The Kier molecular flexibility index (Phi) is 16.2. The molecule has 0 aromatic carbocycles. The molecule has 0 spiro atoms. The molecule has 0 saturated carbocycles. The van der Waals surface area contributed by atoms with E-state index in [1.165, 1.54) is 51.4 Å². The Morgan fingerprint density at radius 1 is 0.714 bits per heavy atom. The lowest BCUT2D eigenvalue weighted by atomic mass is 10.2. The van der Waals surface area contributed by atoms with Crippen LogP contribution >= 0.6 is 0 Å². The van der Waals surface area contributed by atoms with Crippen LogP contribution in [0.25, 0.3) is 0 Å². The normalized spacial score (nSPS) is 13.0. The number of aliphatic hydroxyl groups is 1. The molecule has 0 amide bonds. The van der Waals surface area contributed by atoms with E-state index in [9.17, 15) is 5.11 Å². The van der Waals surface area contributed by atoms with E-state index in [0.717, 1.165) is 26.1 Å². The predicted molar refractivity (Wildman–Crippen MR) is 89.5 cm³/mol. The first-order valence-electron chi connectivity index (χ1n) is 9.12. The predicted octanol–water partition coefficient (Wildman–Crippen LogP) is 5.06. The lowest BCUT2D eigenvalue weighted by Gasteiger charge is -2.20. The minimum absolute atomic E-state index is 0.234. The summed E-state index contributed by atoms with van der Waals surface area (Å²) in [4.78, 5) is 0. The lowest BCUT2D eigenvalue weighted by molar-refractivity contribution is -0.158. The van der Waals surface area contributed by atoms with Crippen LogP contribution in [0.15, 0.2) is 0 Å². The molecule has 0 fully saturated rings. The molecule has 0 aliphatic rings. The zero-order valence-corrected chi connectivity index (χ0v) is 14.6. The van der Waals surface area contributed by atoms with Crippen molar-refractivity contribution in [3.8, 4) is 0 Å². The second-order valence-corrected chi connectivity index (χ2v) is 6.08. The zero-order chi connectivity index (χ0) is 15.8. The largest absolute Gasteiger partial charge is 0.393 e. The molecule has 0 aromatic heterocycles. The molecular weight excluding hydrogens is 264 g/mol. The molecule has 0 aliphatic carbocycles. The Balaban J connectivity index is 3.62. The first-order valence-corrected chi connectivity index (χ1v) is 9.12. The van der Waals surface area contributed by atoms with Gasteiger partial charge < -0.3 is 14.6 Å². The Morgan fingerprint density at radius 2 is 1.14 bits per heavy atom. The van der Waals surface area contributed by atoms with E-state index in [4.69, 9.17) is 9.47 Å². The van der Waals surface area contributed by atoms with Gasteiger partial charge in [0.1, 0.15) is 0 Å². The first kappa shape index (κ1) is 20.9. The summed E-state index contributed by atoms with van der Waals surface area (Å²) in [6.45, 7) is 7.74. The van der Waals surface area contributed by atoms with Crippen LogP contribution in [0.3, 0.4) is 0 Å². The van der Waals surface area contributed by atoms with Crippen molar-refractivity contribution in [1.29, 1.82) is 0 Å². The monoisotopic (exact) mass is 302 g/mol. The minimum atomic E-state index is -0.366. The highest BCUT2D eigenvalue weighted by atomic mass is 16.7. The van der Waals surface area contributed by atoms with E-state index in [-0.39, 0.29) is 12.4 Å². The average molecular weight is 302 g/mol. The van der Waals surface area contributed by atoms with E-state index in [1.807, 2.05) is 0 Å². The molecule has 128 valence electrons. The lowest BCUT2D eigenvalue weighted by Crippen LogP contribution is -2.23. The standard InChI is InChI=1S/C18H38O3/c1-4-6-8-10-12-14-20-18(16-17(3)19)21-15-13-11-9-7-5-2/h17-19H,4-16H2,1-3H3. The van der Waals surface area contributed by atoms with Crippen molar-refractivity contribution in [3.05, 3.63) is 0 Å². The SMILES string of the molecule is CCCCCCCOC(CC(C)O)OCCCCCCC. The van der Waals surface area contributed by atoms with Crippen LogP contribution in [0.2, 0.25) is 0 Å². The van der Waals surface area contributed by atoms with Crippen molar-refractivity contribution in [3.63, 3.8) is 0 Å². The van der Waals surface area contributed by atoms with Crippen molar-refractivity contribution in [2.75, 3.05) is 13.2 Å². The molecule has 0 rings (SSSR count). The highest BCUT2D eigenvalue weighted by Gasteiger charge is 2.12. The third-order valence-corrected chi connectivity index (χ3v) is 3.64. The third kappa shape index (κ3) is 16.1. The van der Waals surface area contributed by atoms with Crippen molar-refractivity contribution >= 4 is 0 Å². The summed E-state index contributed by atoms with van der Waals surface area (Å²) in [7, 11) is 0. The molecule has 0 radical (unpaired) electrons. The van der Waals surface area contributed by atoms with Crippen LogP contribution < -0.4 is 0 Å². The summed E-state index contributed by atoms with van der Waals surface area (Å²) in [5, 5.41) is 9.51. The van der Waals surface area contributed by atoms with Gasteiger partial charge in [-0.1, -0.05) is 65.2 Å². The fourth-order valence-corrected chi connectivity index (χ4v) is 2.30. The Labute approximate surface area is 132 Å². The van der Waals surface area contributed by atoms with Gasteiger partial charge in [0.2, 0.25) is 0 Å². The molecule has 1 atom stereocenters. The smallest absolute Gasteiger partial charge is 0.160 e. The van der Waals surface area contributed by atoms with E-state index in [0.29, 0.717) is 6.42 Å². The van der Waals surface area contributed by atoms with E-state index in [2.05, 4.69) is 13.8 Å². The number of hydrogen-bond donors (Lipinski definition) is 1. The Hall–Kier alpha value is -0.120. The van der Waals surface area contributed by atoms with Gasteiger partial charge in [0.15, 0.2) is 6.29 Å². The van der Waals surface area contributed by atoms with Gasteiger partial charge in [-0.15, -0.1) is 0 Å². The van der Waals surface area contributed by atoms with Crippen molar-refractivity contribution in [2.24, 2.45) is 0 Å². The maximum atomic E-state index is 9.51. The van der Waals surface area contributed by atoms with Gasteiger partial charge in [-0.2, -0.15) is 0 Å². The quantitative estimate of drug-likeness (QED) is 0.320. The molecular formula is C18H38O3. The highest BCUT2D eigenvalue weighted by molar-refractivity contribution is 4.53. The molecule has 1 unspecified atom stereocenters. The van der Waals surface area contributed by atoms with Gasteiger partial charge in [-0.05, 0) is 19.8 Å². The second kappa shape index (κ2) is 16.3. The van der Waals surface area contributed by atoms with Crippen molar-refractivity contribution in [1.82, 2.24) is 0 Å². The maximum absolute atomic E-state index is 9.51. The molecule has 21 heavy (non-hydrogen) atoms. The summed E-state index contributed by atoms with van der Waals surface area (Å²) in [5.41, 5.74) is 0. The zero-order valence-electron chi connectivity index (χ0n) is 14.6. The number of aliphatic hydroxyl groups excluding tert-OH is 1. The van der Waals surface area contributed by atoms with Gasteiger partial charge in [0.05, 0.1) is 6.10 Å². The van der Waals surface area contributed by atoms with Crippen LogP contribution in [0.5, 0.6) is 0 Å². The molecule has 0 heterocycles. The maximum Gasteiger partial charge on any atom is 0.160 e. The number of hydrogen-bond acceptors (Lipinski definition) is 3.